The van der Waals surface area contributed by atoms with Crippen LogP contribution in [0.4, 0.5) is 4.79 Å². The van der Waals surface area contributed by atoms with Crippen LogP contribution in [0, 0.1) is 0 Å². The molecule has 2 heterocycles. The Morgan fingerprint density at radius 3 is 2.90 bits per heavy atom. The third-order valence-electron chi connectivity index (χ3n) is 4.77. The number of halogens is 1. The topological polar surface area (TPSA) is 105 Å². The Morgan fingerprint density at radius 2 is 2.20 bits per heavy atom. The van der Waals surface area contributed by atoms with Gasteiger partial charge in [0.1, 0.15) is 0 Å². The molecule has 2 aromatic rings. The maximum absolute atomic E-state index is 11.8. The van der Waals surface area contributed by atoms with Crippen molar-refractivity contribution in [2.45, 2.75) is 32.2 Å². The summed E-state index contributed by atoms with van der Waals surface area (Å²) in [6, 6.07) is 7.59. The number of guanidine groups is 1. The van der Waals surface area contributed by atoms with Crippen LogP contribution in [0.1, 0.15) is 25.7 Å². The highest BCUT2D eigenvalue weighted by molar-refractivity contribution is 6.30. The second-order valence-electron chi connectivity index (χ2n) is 6.88. The summed E-state index contributed by atoms with van der Waals surface area (Å²) >= 11 is 6.01. The average Bonchev–Trinajstić information content (AvgIpc) is 3.22. The summed E-state index contributed by atoms with van der Waals surface area (Å²) in [6.07, 6.45) is 2.00. The lowest BCUT2D eigenvalue weighted by molar-refractivity contribution is 0.0963. The van der Waals surface area contributed by atoms with Gasteiger partial charge in [-0.25, -0.2) is 4.79 Å². The maximum atomic E-state index is 11.8. The molecular formula is C20H27ClN6O3. The molecule has 0 unspecified atom stereocenters. The van der Waals surface area contributed by atoms with Crippen LogP contribution in [0.2, 0.25) is 5.02 Å². The standard InChI is InChI=1S/C20H27ClN6O3/c1-3-29-20(28)27-11-8-16(9-12-27)24-19(22-2)23-10-7-17-25-18(26-30-17)14-5-4-6-15(21)13-14/h4-6,13,16H,3,7-12H2,1-2H3,(H2,22,23,24). The number of nitrogens with zero attached hydrogens (tertiary/aromatic N) is 4. The van der Waals surface area contributed by atoms with Gasteiger partial charge in [0.05, 0.1) is 6.61 Å². The number of aliphatic imine (C=N–C) groups is 1. The molecule has 0 aliphatic carbocycles. The number of benzene rings is 1. The SMILES string of the molecule is CCOC(=O)N1CCC(NC(=NC)NCCc2nc(-c3cccc(Cl)c3)no2)CC1. The van der Waals surface area contributed by atoms with Crippen molar-refractivity contribution in [3.8, 4) is 11.4 Å². The zero-order chi connectivity index (χ0) is 21.3. The Hall–Kier alpha value is -2.81. The molecule has 0 bridgehead atoms. The molecule has 1 saturated heterocycles. The van der Waals surface area contributed by atoms with Crippen LogP contribution in [0.5, 0.6) is 0 Å². The van der Waals surface area contributed by atoms with Crippen molar-refractivity contribution in [2.75, 3.05) is 33.3 Å². The number of hydrogen-bond donors (Lipinski definition) is 2. The molecule has 0 saturated carbocycles. The van der Waals surface area contributed by atoms with E-state index in [2.05, 4.69) is 25.8 Å². The summed E-state index contributed by atoms with van der Waals surface area (Å²) in [6.45, 7) is 4.14. The minimum atomic E-state index is -0.241. The minimum Gasteiger partial charge on any atom is -0.450 e. The van der Waals surface area contributed by atoms with Crippen molar-refractivity contribution < 1.29 is 14.1 Å². The molecule has 3 rings (SSSR count). The molecule has 1 aromatic heterocycles. The van der Waals surface area contributed by atoms with E-state index in [1.165, 1.54) is 0 Å². The molecule has 30 heavy (non-hydrogen) atoms. The van der Waals surface area contributed by atoms with Gasteiger partial charge in [0.2, 0.25) is 11.7 Å². The lowest BCUT2D eigenvalue weighted by Gasteiger charge is -2.32. The third-order valence-corrected chi connectivity index (χ3v) is 5.00. The maximum Gasteiger partial charge on any atom is 0.409 e. The van der Waals surface area contributed by atoms with E-state index in [0.717, 1.165) is 18.4 Å². The van der Waals surface area contributed by atoms with Gasteiger partial charge in [-0.05, 0) is 31.9 Å². The number of carbonyl (C=O) groups excluding carboxylic acids is 1. The summed E-state index contributed by atoms with van der Waals surface area (Å²) in [5.41, 5.74) is 0.817. The van der Waals surface area contributed by atoms with Crippen LogP contribution < -0.4 is 10.6 Å². The molecule has 1 aliphatic rings. The molecule has 9 nitrogen and oxygen atoms in total. The van der Waals surface area contributed by atoms with Crippen LogP contribution in [0.25, 0.3) is 11.4 Å². The molecule has 1 amide bonds. The normalized spacial score (nSPS) is 15.2. The van der Waals surface area contributed by atoms with Crippen molar-refractivity contribution in [1.82, 2.24) is 25.7 Å². The number of ether oxygens (including phenoxy) is 1. The van der Waals surface area contributed by atoms with Crippen molar-refractivity contribution in [1.29, 1.82) is 0 Å². The summed E-state index contributed by atoms with van der Waals surface area (Å²) in [5, 5.41) is 11.3. The molecule has 0 radical (unpaired) electrons. The van der Waals surface area contributed by atoms with E-state index in [4.69, 9.17) is 20.9 Å². The van der Waals surface area contributed by atoms with E-state index in [-0.39, 0.29) is 12.1 Å². The second kappa shape index (κ2) is 10.8. The number of amides is 1. The number of hydrogen-bond acceptors (Lipinski definition) is 6. The number of nitrogens with one attached hydrogen (secondary N) is 2. The molecular weight excluding hydrogens is 408 g/mol. The fourth-order valence-corrected chi connectivity index (χ4v) is 3.39. The lowest BCUT2D eigenvalue weighted by atomic mass is 10.1. The van der Waals surface area contributed by atoms with Crippen molar-refractivity contribution >= 4 is 23.7 Å². The Bertz CT molecular complexity index is 864. The van der Waals surface area contributed by atoms with Crippen molar-refractivity contribution in [2.24, 2.45) is 4.99 Å². The molecule has 10 heteroatoms. The Labute approximate surface area is 180 Å². The van der Waals surface area contributed by atoms with Crippen molar-refractivity contribution in [3.63, 3.8) is 0 Å². The lowest BCUT2D eigenvalue weighted by Crippen LogP contribution is -2.50. The van der Waals surface area contributed by atoms with Gasteiger partial charge in [0.15, 0.2) is 5.96 Å². The van der Waals surface area contributed by atoms with Crippen LogP contribution in [-0.2, 0) is 11.2 Å². The summed E-state index contributed by atoms with van der Waals surface area (Å²) in [5.74, 6) is 1.76. The first-order valence-corrected chi connectivity index (χ1v) is 10.4. The van der Waals surface area contributed by atoms with Gasteiger partial charge in [0, 0.05) is 49.7 Å². The summed E-state index contributed by atoms with van der Waals surface area (Å²) < 4.78 is 10.4. The fraction of sp³-hybridized carbons (Fsp3) is 0.500. The third kappa shape index (κ3) is 6.09. The monoisotopic (exact) mass is 434 g/mol. The highest BCUT2D eigenvalue weighted by atomic mass is 35.5. The zero-order valence-electron chi connectivity index (χ0n) is 17.2. The molecule has 1 aromatic carbocycles. The molecule has 1 aliphatic heterocycles. The minimum absolute atomic E-state index is 0.241. The van der Waals surface area contributed by atoms with E-state index in [1.54, 1.807) is 24.1 Å². The summed E-state index contributed by atoms with van der Waals surface area (Å²) in [7, 11) is 1.73. The quantitative estimate of drug-likeness (QED) is 0.532. The molecule has 162 valence electrons. The second-order valence-corrected chi connectivity index (χ2v) is 7.31. The first-order chi connectivity index (χ1) is 14.6. The Balaban J connectivity index is 1.42. The van der Waals surface area contributed by atoms with Gasteiger partial charge in [-0.1, -0.05) is 28.9 Å². The number of likely N-dealkylation sites (tertiary alicyclic amines) is 1. The summed E-state index contributed by atoms with van der Waals surface area (Å²) in [4.78, 5) is 22.2. The van der Waals surface area contributed by atoms with Crippen LogP contribution in [0.15, 0.2) is 33.8 Å². The van der Waals surface area contributed by atoms with Crippen molar-refractivity contribution in [3.05, 3.63) is 35.2 Å². The molecule has 0 spiro atoms. The Kier molecular flexibility index (Phi) is 7.89. The number of aromatic nitrogens is 2. The van der Waals surface area contributed by atoms with Crippen LogP contribution >= 0.6 is 11.6 Å². The van der Waals surface area contributed by atoms with E-state index in [1.807, 2.05) is 19.1 Å². The smallest absolute Gasteiger partial charge is 0.409 e. The van der Waals surface area contributed by atoms with Gasteiger partial charge >= 0.3 is 6.09 Å². The highest BCUT2D eigenvalue weighted by Gasteiger charge is 2.24. The van der Waals surface area contributed by atoms with Gasteiger partial charge in [-0.2, -0.15) is 4.98 Å². The first kappa shape index (κ1) is 21.9. The number of rotatable bonds is 6. The molecule has 2 N–H and O–H groups in total. The van der Waals surface area contributed by atoms with E-state index in [9.17, 15) is 4.79 Å². The number of carbonyl (C=O) groups is 1. The zero-order valence-corrected chi connectivity index (χ0v) is 18.0. The van der Waals surface area contributed by atoms with Gasteiger partial charge in [-0.15, -0.1) is 0 Å². The largest absolute Gasteiger partial charge is 0.450 e. The van der Waals surface area contributed by atoms with E-state index >= 15 is 0 Å². The van der Waals surface area contributed by atoms with Gasteiger partial charge < -0.3 is 24.8 Å². The highest BCUT2D eigenvalue weighted by Crippen LogP contribution is 2.20. The molecule has 0 atom stereocenters. The van der Waals surface area contributed by atoms with Gasteiger partial charge in [-0.3, -0.25) is 4.99 Å². The van der Waals surface area contributed by atoms with Crippen LogP contribution in [0.3, 0.4) is 0 Å². The van der Waals surface area contributed by atoms with Crippen LogP contribution in [-0.4, -0.2) is 66.4 Å². The van der Waals surface area contributed by atoms with Gasteiger partial charge in [0.25, 0.3) is 0 Å². The predicted molar refractivity (Wildman–Crippen MR) is 115 cm³/mol. The fourth-order valence-electron chi connectivity index (χ4n) is 3.20. The number of piperidine rings is 1. The first-order valence-electron chi connectivity index (χ1n) is 10.1. The predicted octanol–water partition coefficient (Wildman–Crippen LogP) is 2.72. The van der Waals surface area contributed by atoms with E-state index in [0.29, 0.717) is 55.4 Å². The molecule has 1 fully saturated rings. The average molecular weight is 435 g/mol. The van der Waals surface area contributed by atoms with E-state index < -0.39 is 0 Å². The Morgan fingerprint density at radius 1 is 1.40 bits per heavy atom.